The van der Waals surface area contributed by atoms with E-state index in [0.717, 1.165) is 15.8 Å². The van der Waals surface area contributed by atoms with E-state index in [9.17, 15) is 21.6 Å². The number of sulfonamides is 1. The summed E-state index contributed by atoms with van der Waals surface area (Å²) < 4.78 is 65.8. The maximum absolute atomic E-state index is 13.3. The van der Waals surface area contributed by atoms with Crippen LogP contribution in [0.15, 0.2) is 71.9 Å². The number of aromatic nitrogens is 2. The Morgan fingerprint density at radius 3 is 2.41 bits per heavy atom. The topological polar surface area (TPSA) is 67.2 Å². The first-order chi connectivity index (χ1) is 13.7. The van der Waals surface area contributed by atoms with Crippen LogP contribution in [0.3, 0.4) is 0 Å². The monoisotopic (exact) mass is 420 g/mol. The molecule has 0 aliphatic carbocycles. The highest BCUT2D eigenvalue weighted by Crippen LogP contribution is 2.32. The summed E-state index contributed by atoms with van der Waals surface area (Å²) >= 11 is 0. The van der Waals surface area contributed by atoms with E-state index >= 15 is 0 Å². The minimum atomic E-state index is -4.73. The van der Waals surface area contributed by atoms with Crippen molar-refractivity contribution in [2.75, 3.05) is 9.73 Å². The van der Waals surface area contributed by atoms with Gasteiger partial charge in [0.2, 0.25) is 5.95 Å². The Bertz CT molecular complexity index is 1170. The molecule has 1 N–H and O–H groups in total. The molecule has 0 radical (unpaired) electrons. The molecule has 4 rings (SSSR count). The van der Waals surface area contributed by atoms with Gasteiger partial charge in [0.1, 0.15) is 0 Å². The van der Waals surface area contributed by atoms with Crippen molar-refractivity contribution in [3.63, 3.8) is 0 Å². The first-order valence-corrected chi connectivity index (χ1v) is 9.99. The van der Waals surface area contributed by atoms with Crippen molar-refractivity contribution in [3.8, 4) is 0 Å². The molecule has 29 heavy (non-hydrogen) atoms. The van der Waals surface area contributed by atoms with E-state index in [1.165, 1.54) is 29.2 Å². The number of fused-ring (bicyclic) bond motifs is 1. The number of hydrogen-bond acceptors (Lipinski definition) is 4. The molecule has 150 valence electrons. The van der Waals surface area contributed by atoms with Crippen LogP contribution in [0.2, 0.25) is 0 Å². The first-order valence-electron chi connectivity index (χ1n) is 8.51. The van der Waals surface area contributed by atoms with E-state index in [4.69, 9.17) is 0 Å². The summed E-state index contributed by atoms with van der Waals surface area (Å²) in [5, 5.41) is 0. The van der Waals surface area contributed by atoms with Gasteiger partial charge in [-0.3, -0.25) is 0 Å². The lowest BCUT2D eigenvalue weighted by molar-refractivity contribution is -0.140. The molecule has 0 unspecified atom stereocenters. The first kappa shape index (κ1) is 19.1. The molecular formula is C19H15F3N4O2S. The van der Waals surface area contributed by atoms with Gasteiger partial charge in [0, 0.05) is 6.20 Å². The SMILES string of the molecule is O=S(=O)(Nn1cc(C(F)(F)F)nc1N1C=Cc2ccccc2C1)c1ccccc1. The van der Waals surface area contributed by atoms with Crippen molar-refractivity contribution in [1.29, 1.82) is 0 Å². The average molecular weight is 420 g/mol. The summed E-state index contributed by atoms with van der Waals surface area (Å²) in [4.78, 5) is 7.18. The Morgan fingerprint density at radius 2 is 1.69 bits per heavy atom. The van der Waals surface area contributed by atoms with Crippen LogP contribution in [-0.4, -0.2) is 18.1 Å². The summed E-state index contributed by atoms with van der Waals surface area (Å²) in [5.41, 5.74) is 0.613. The zero-order valence-electron chi connectivity index (χ0n) is 14.8. The zero-order chi connectivity index (χ0) is 20.6. The molecule has 2 aromatic carbocycles. The second-order valence-corrected chi connectivity index (χ2v) is 8.00. The number of hydrogen-bond donors (Lipinski definition) is 1. The second-order valence-electron chi connectivity index (χ2n) is 6.34. The molecule has 0 bridgehead atoms. The molecule has 1 aliphatic rings. The molecule has 2 heterocycles. The third kappa shape index (κ3) is 3.83. The largest absolute Gasteiger partial charge is 0.435 e. The van der Waals surface area contributed by atoms with Crippen LogP contribution in [0.5, 0.6) is 0 Å². The predicted octanol–water partition coefficient (Wildman–Crippen LogP) is 3.83. The molecule has 0 fully saturated rings. The van der Waals surface area contributed by atoms with Gasteiger partial charge in [0.25, 0.3) is 10.0 Å². The Balaban J connectivity index is 1.74. The van der Waals surface area contributed by atoms with E-state index in [2.05, 4.69) is 9.82 Å². The van der Waals surface area contributed by atoms with Gasteiger partial charge in [0.15, 0.2) is 5.69 Å². The maximum atomic E-state index is 13.3. The minimum Gasteiger partial charge on any atom is -0.313 e. The van der Waals surface area contributed by atoms with Crippen molar-refractivity contribution in [2.45, 2.75) is 17.6 Å². The number of nitrogens with zero attached hydrogens (tertiary/aromatic N) is 3. The Kier molecular flexibility index (Phi) is 4.58. The Labute approximate surface area is 164 Å². The lowest BCUT2D eigenvalue weighted by Crippen LogP contribution is -2.28. The van der Waals surface area contributed by atoms with Crippen molar-refractivity contribution in [2.24, 2.45) is 0 Å². The normalized spacial score (nSPS) is 14.0. The lowest BCUT2D eigenvalue weighted by atomic mass is 10.0. The number of imidazole rings is 1. The van der Waals surface area contributed by atoms with Crippen molar-refractivity contribution >= 4 is 22.0 Å². The molecule has 0 saturated heterocycles. The molecule has 0 saturated carbocycles. The summed E-state index contributed by atoms with van der Waals surface area (Å²) in [6.45, 7) is 0.244. The lowest BCUT2D eigenvalue weighted by Gasteiger charge is -2.25. The van der Waals surface area contributed by atoms with E-state index in [0.29, 0.717) is 6.20 Å². The van der Waals surface area contributed by atoms with Gasteiger partial charge in [-0.1, -0.05) is 42.5 Å². The zero-order valence-corrected chi connectivity index (χ0v) is 15.7. The molecule has 0 spiro atoms. The van der Waals surface area contributed by atoms with Crippen LogP contribution in [-0.2, 0) is 22.7 Å². The number of halogens is 3. The molecule has 10 heteroatoms. The fraction of sp³-hybridized carbons (Fsp3) is 0.105. The molecule has 0 amide bonds. The number of anilines is 1. The molecule has 3 aromatic rings. The standard InChI is InChI=1S/C19H15F3N4O2S/c20-19(21,22)17-13-26(24-29(27,28)16-8-2-1-3-9-16)18(23-17)25-11-10-14-6-4-5-7-15(14)12-25/h1-11,13,24H,12H2. The molecule has 1 aliphatic heterocycles. The Morgan fingerprint density at radius 1 is 1.00 bits per heavy atom. The molecule has 1 aromatic heterocycles. The summed E-state index contributed by atoms with van der Waals surface area (Å²) in [6.07, 6.45) is -0.797. The summed E-state index contributed by atoms with van der Waals surface area (Å²) in [7, 11) is -4.11. The van der Waals surface area contributed by atoms with Gasteiger partial charge in [-0.05, 0) is 29.3 Å². The van der Waals surface area contributed by atoms with Crippen LogP contribution in [0, 0.1) is 0 Å². The number of benzene rings is 2. The molecule has 0 atom stereocenters. The van der Waals surface area contributed by atoms with Crippen molar-refractivity contribution in [3.05, 3.63) is 83.8 Å². The maximum Gasteiger partial charge on any atom is 0.435 e. The summed E-state index contributed by atoms with van der Waals surface area (Å²) in [6, 6.07) is 14.8. The van der Waals surface area contributed by atoms with Crippen LogP contribution < -0.4 is 9.73 Å². The van der Waals surface area contributed by atoms with Crippen molar-refractivity contribution < 1.29 is 21.6 Å². The highest BCUT2D eigenvalue weighted by Gasteiger charge is 2.36. The fourth-order valence-corrected chi connectivity index (χ4v) is 3.96. The third-order valence-electron chi connectivity index (χ3n) is 4.34. The van der Waals surface area contributed by atoms with Gasteiger partial charge in [-0.2, -0.15) is 21.6 Å². The quantitative estimate of drug-likeness (QED) is 0.697. The van der Waals surface area contributed by atoms with Crippen LogP contribution in [0.4, 0.5) is 19.1 Å². The van der Waals surface area contributed by atoms with E-state index in [-0.39, 0.29) is 17.4 Å². The van der Waals surface area contributed by atoms with Crippen LogP contribution in [0.1, 0.15) is 16.8 Å². The van der Waals surface area contributed by atoms with Gasteiger partial charge in [0.05, 0.1) is 17.6 Å². The number of nitrogens with one attached hydrogen (secondary N) is 1. The minimum absolute atomic E-state index is 0.0762. The second kappa shape index (κ2) is 6.96. The van der Waals surface area contributed by atoms with Crippen molar-refractivity contribution in [1.82, 2.24) is 9.66 Å². The van der Waals surface area contributed by atoms with Crippen LogP contribution >= 0.6 is 0 Å². The molecular weight excluding hydrogens is 405 g/mol. The molecule has 6 nitrogen and oxygen atoms in total. The van der Waals surface area contributed by atoms with E-state index in [1.54, 1.807) is 18.3 Å². The summed E-state index contributed by atoms with van der Waals surface area (Å²) in [5.74, 6) is -0.192. The smallest absolute Gasteiger partial charge is 0.313 e. The number of alkyl halides is 3. The third-order valence-corrected chi connectivity index (χ3v) is 5.67. The fourth-order valence-electron chi connectivity index (χ4n) is 2.94. The Hall–Kier alpha value is -3.27. The van der Waals surface area contributed by atoms with E-state index in [1.807, 2.05) is 24.3 Å². The highest BCUT2D eigenvalue weighted by atomic mass is 32.2. The average Bonchev–Trinajstić information content (AvgIpc) is 3.12. The van der Waals surface area contributed by atoms with E-state index < -0.39 is 21.9 Å². The van der Waals surface area contributed by atoms with Crippen LogP contribution in [0.25, 0.3) is 6.08 Å². The predicted molar refractivity (Wildman–Crippen MR) is 102 cm³/mol. The van der Waals surface area contributed by atoms with Gasteiger partial charge >= 0.3 is 6.18 Å². The number of rotatable bonds is 4. The van der Waals surface area contributed by atoms with Gasteiger partial charge < -0.3 is 4.90 Å². The van der Waals surface area contributed by atoms with Gasteiger partial charge in [-0.15, -0.1) is 0 Å². The highest BCUT2D eigenvalue weighted by molar-refractivity contribution is 7.92. The van der Waals surface area contributed by atoms with Gasteiger partial charge in [-0.25, -0.2) is 14.5 Å².